The van der Waals surface area contributed by atoms with E-state index in [0.717, 1.165) is 9.69 Å². The Balaban J connectivity index is 1.93. The maximum Gasteiger partial charge on any atom is 0.264 e. The van der Waals surface area contributed by atoms with E-state index in [1.807, 2.05) is 18.2 Å². The molecule has 0 bridgehead atoms. The molecular weight excluding hydrogens is 388 g/mol. The molecule has 1 aliphatic heterocycles. The molecule has 1 aliphatic rings. The smallest absolute Gasteiger partial charge is 0.264 e. The summed E-state index contributed by atoms with van der Waals surface area (Å²) in [5.74, 6) is -0.0430. The molecule has 4 rings (SSSR count). The van der Waals surface area contributed by atoms with E-state index in [0.29, 0.717) is 22.5 Å². The van der Waals surface area contributed by atoms with Gasteiger partial charge in [0.1, 0.15) is 12.3 Å². The van der Waals surface area contributed by atoms with Gasteiger partial charge in [0.15, 0.2) is 0 Å². The largest absolute Gasteiger partial charge is 0.495 e. The fourth-order valence-electron chi connectivity index (χ4n) is 3.19. The van der Waals surface area contributed by atoms with Crippen LogP contribution < -0.4 is 14.4 Å². The molecule has 138 valence electrons. The zero-order valence-corrected chi connectivity index (χ0v) is 15.8. The first-order chi connectivity index (χ1) is 12.9. The zero-order valence-electron chi connectivity index (χ0n) is 14.3. The van der Waals surface area contributed by atoms with Crippen LogP contribution in [0.4, 0.5) is 11.4 Å². The summed E-state index contributed by atoms with van der Waals surface area (Å²) in [6.07, 6.45) is 0. The molecular formula is C19H15ClN2O4S. The van der Waals surface area contributed by atoms with Crippen molar-refractivity contribution < 1.29 is 17.9 Å². The van der Waals surface area contributed by atoms with Gasteiger partial charge in [0.2, 0.25) is 5.91 Å². The number of halogens is 1. The summed E-state index contributed by atoms with van der Waals surface area (Å²) in [6, 6.07) is 15.0. The van der Waals surface area contributed by atoms with Crippen molar-refractivity contribution in [1.82, 2.24) is 0 Å². The van der Waals surface area contributed by atoms with Crippen LogP contribution in [-0.4, -0.2) is 28.0 Å². The lowest BCUT2D eigenvalue weighted by Crippen LogP contribution is -2.36. The lowest BCUT2D eigenvalue weighted by atomic mass is 10.1. The molecule has 0 saturated heterocycles. The minimum atomic E-state index is -4.02. The number of hydrogen-bond acceptors (Lipinski definition) is 4. The Hall–Kier alpha value is -2.77. The molecule has 0 radical (unpaired) electrons. The Kier molecular flexibility index (Phi) is 4.20. The Morgan fingerprint density at radius 1 is 1.11 bits per heavy atom. The Morgan fingerprint density at radius 2 is 1.85 bits per heavy atom. The second kappa shape index (κ2) is 6.44. The first kappa shape index (κ1) is 17.6. The average molecular weight is 403 g/mol. The van der Waals surface area contributed by atoms with Crippen molar-refractivity contribution in [3.8, 4) is 5.75 Å². The normalized spacial score (nSPS) is 14.0. The molecule has 0 fully saturated rings. The third-order valence-electron chi connectivity index (χ3n) is 4.42. The predicted octanol–water partition coefficient (Wildman–Crippen LogP) is 3.65. The molecule has 6 nitrogen and oxygen atoms in total. The lowest BCUT2D eigenvalue weighted by Gasteiger charge is -2.23. The molecule has 27 heavy (non-hydrogen) atoms. The van der Waals surface area contributed by atoms with Crippen LogP contribution in [0, 0.1) is 0 Å². The number of amides is 1. The molecule has 3 aromatic carbocycles. The molecule has 1 N–H and O–H groups in total. The van der Waals surface area contributed by atoms with Gasteiger partial charge in [-0.3, -0.25) is 9.10 Å². The molecule has 0 atom stereocenters. The number of nitrogens with one attached hydrogen (secondary N) is 1. The third-order valence-corrected chi connectivity index (χ3v) is 6.48. The highest BCUT2D eigenvalue weighted by molar-refractivity contribution is 7.93. The van der Waals surface area contributed by atoms with Gasteiger partial charge in [0.05, 0.1) is 28.4 Å². The van der Waals surface area contributed by atoms with Crippen LogP contribution in [-0.2, 0) is 14.8 Å². The highest BCUT2D eigenvalue weighted by Gasteiger charge is 2.31. The number of ether oxygens (including phenoxy) is 1. The third kappa shape index (κ3) is 2.89. The number of sulfonamides is 1. The molecule has 0 aliphatic carbocycles. The maximum atomic E-state index is 13.3. The fourth-order valence-corrected chi connectivity index (χ4v) is 4.97. The molecule has 0 aromatic heterocycles. The van der Waals surface area contributed by atoms with Gasteiger partial charge in [0, 0.05) is 5.39 Å². The fraction of sp³-hybridized carbons (Fsp3) is 0.105. The van der Waals surface area contributed by atoms with E-state index in [1.54, 1.807) is 18.2 Å². The maximum absolute atomic E-state index is 13.3. The number of carbonyl (C=O) groups is 1. The highest BCUT2D eigenvalue weighted by Crippen LogP contribution is 2.38. The van der Waals surface area contributed by atoms with Crippen LogP contribution in [0.25, 0.3) is 10.8 Å². The van der Waals surface area contributed by atoms with Gasteiger partial charge in [0.25, 0.3) is 10.0 Å². The van der Waals surface area contributed by atoms with Gasteiger partial charge in [-0.25, -0.2) is 8.42 Å². The number of benzene rings is 3. The average Bonchev–Trinajstić information content (AvgIpc) is 2.80. The highest BCUT2D eigenvalue weighted by atomic mass is 35.5. The molecule has 3 aromatic rings. The summed E-state index contributed by atoms with van der Waals surface area (Å²) < 4.78 is 32.9. The SMILES string of the molecule is COc1ccc(S(=O)(=O)N2CC(=O)Nc3cccc4cccc2c34)cc1Cl. The topological polar surface area (TPSA) is 75.7 Å². The molecule has 0 unspecified atom stereocenters. The van der Waals surface area contributed by atoms with Crippen molar-refractivity contribution in [3.63, 3.8) is 0 Å². The van der Waals surface area contributed by atoms with Crippen molar-refractivity contribution in [2.24, 2.45) is 0 Å². The van der Waals surface area contributed by atoms with Gasteiger partial charge in [-0.2, -0.15) is 0 Å². The molecule has 1 heterocycles. The Morgan fingerprint density at radius 3 is 2.56 bits per heavy atom. The number of rotatable bonds is 3. The van der Waals surface area contributed by atoms with Crippen LogP contribution in [0.2, 0.25) is 5.02 Å². The minimum absolute atomic E-state index is 0.0162. The van der Waals surface area contributed by atoms with E-state index in [2.05, 4.69) is 5.32 Å². The number of carbonyl (C=O) groups excluding carboxylic acids is 1. The second-order valence-electron chi connectivity index (χ2n) is 6.04. The summed E-state index contributed by atoms with van der Waals surface area (Å²) in [7, 11) is -2.57. The van der Waals surface area contributed by atoms with E-state index >= 15 is 0 Å². The van der Waals surface area contributed by atoms with Crippen molar-refractivity contribution in [2.75, 3.05) is 23.3 Å². The van der Waals surface area contributed by atoms with E-state index in [4.69, 9.17) is 16.3 Å². The van der Waals surface area contributed by atoms with Crippen molar-refractivity contribution in [1.29, 1.82) is 0 Å². The summed E-state index contributed by atoms with van der Waals surface area (Å²) in [5, 5.41) is 4.46. The summed E-state index contributed by atoms with van der Waals surface area (Å²) >= 11 is 6.11. The summed E-state index contributed by atoms with van der Waals surface area (Å²) in [5.41, 5.74) is 1.02. The lowest BCUT2D eigenvalue weighted by molar-refractivity contribution is -0.114. The Labute approximate surface area is 161 Å². The van der Waals surface area contributed by atoms with Crippen molar-refractivity contribution in [2.45, 2.75) is 4.90 Å². The second-order valence-corrected chi connectivity index (χ2v) is 8.31. The van der Waals surface area contributed by atoms with E-state index in [9.17, 15) is 13.2 Å². The summed E-state index contributed by atoms with van der Waals surface area (Å²) in [4.78, 5) is 12.4. The van der Waals surface area contributed by atoms with Gasteiger partial charge in [-0.15, -0.1) is 0 Å². The molecule has 0 saturated carbocycles. The minimum Gasteiger partial charge on any atom is -0.495 e. The van der Waals surface area contributed by atoms with E-state index in [-0.39, 0.29) is 16.5 Å². The van der Waals surface area contributed by atoms with Crippen LogP contribution >= 0.6 is 11.6 Å². The first-order valence-corrected chi connectivity index (χ1v) is 9.91. The van der Waals surface area contributed by atoms with Crippen molar-refractivity contribution >= 4 is 49.7 Å². The Bertz CT molecular complexity index is 1170. The van der Waals surface area contributed by atoms with Gasteiger partial charge < -0.3 is 10.1 Å². The zero-order chi connectivity index (χ0) is 19.2. The molecule has 0 spiro atoms. The molecule has 1 amide bonds. The number of nitrogens with zero attached hydrogens (tertiary/aromatic N) is 1. The van der Waals surface area contributed by atoms with Gasteiger partial charge in [-0.1, -0.05) is 35.9 Å². The van der Waals surface area contributed by atoms with Crippen LogP contribution in [0.1, 0.15) is 0 Å². The van der Waals surface area contributed by atoms with Crippen LogP contribution in [0.15, 0.2) is 59.5 Å². The van der Waals surface area contributed by atoms with Crippen LogP contribution in [0.5, 0.6) is 5.75 Å². The van der Waals surface area contributed by atoms with E-state index in [1.165, 1.54) is 25.3 Å². The van der Waals surface area contributed by atoms with Crippen LogP contribution in [0.3, 0.4) is 0 Å². The first-order valence-electron chi connectivity index (χ1n) is 8.09. The van der Waals surface area contributed by atoms with Crippen molar-refractivity contribution in [3.05, 3.63) is 59.6 Å². The van der Waals surface area contributed by atoms with E-state index < -0.39 is 15.9 Å². The quantitative estimate of drug-likeness (QED) is 0.725. The van der Waals surface area contributed by atoms with Gasteiger partial charge >= 0.3 is 0 Å². The number of hydrogen-bond donors (Lipinski definition) is 1. The van der Waals surface area contributed by atoms with Gasteiger partial charge in [-0.05, 0) is 35.7 Å². The molecule has 8 heteroatoms. The monoisotopic (exact) mass is 402 g/mol. The number of methoxy groups -OCH3 is 1. The standard InChI is InChI=1S/C19H15ClN2O4S/c1-26-17-9-8-13(10-14(17)20)27(24,25)22-11-18(23)21-15-6-2-4-12-5-3-7-16(22)19(12)15/h2-10H,11H2,1H3,(H,21,23). The summed E-state index contributed by atoms with van der Waals surface area (Å²) in [6.45, 7) is -0.334. The number of anilines is 2. The predicted molar refractivity (Wildman–Crippen MR) is 105 cm³/mol.